The zero-order chi connectivity index (χ0) is 14.0. The van der Waals surface area contributed by atoms with E-state index in [0.29, 0.717) is 0 Å². The maximum absolute atomic E-state index is 11.8. The standard InChI is InChI=1S/C14H31N3O/c1-6-10-17(8-3)11-9-15-13(5)14(18)16-12(4)7-2/h12-13,15H,6-11H2,1-5H3,(H,16,18). The summed E-state index contributed by atoms with van der Waals surface area (Å²) in [5, 5.41) is 6.27. The Balaban J connectivity index is 3.81. The van der Waals surface area contributed by atoms with Crippen molar-refractivity contribution in [2.24, 2.45) is 0 Å². The summed E-state index contributed by atoms with van der Waals surface area (Å²) in [6, 6.07) is 0.147. The van der Waals surface area contributed by atoms with E-state index in [0.717, 1.165) is 32.6 Å². The Bertz CT molecular complexity index is 221. The van der Waals surface area contributed by atoms with Gasteiger partial charge in [-0.3, -0.25) is 4.79 Å². The zero-order valence-electron chi connectivity index (χ0n) is 12.8. The molecule has 108 valence electrons. The van der Waals surface area contributed by atoms with Crippen molar-refractivity contribution in [2.75, 3.05) is 26.2 Å². The monoisotopic (exact) mass is 257 g/mol. The van der Waals surface area contributed by atoms with Gasteiger partial charge in [-0.1, -0.05) is 20.8 Å². The van der Waals surface area contributed by atoms with Crippen molar-refractivity contribution in [3.8, 4) is 0 Å². The molecule has 0 aliphatic rings. The Labute approximate surface area is 113 Å². The average Bonchev–Trinajstić information content (AvgIpc) is 2.37. The van der Waals surface area contributed by atoms with Crippen LogP contribution in [0.15, 0.2) is 0 Å². The van der Waals surface area contributed by atoms with Crippen LogP contribution in [0.2, 0.25) is 0 Å². The van der Waals surface area contributed by atoms with Crippen molar-refractivity contribution < 1.29 is 4.79 Å². The highest BCUT2D eigenvalue weighted by Gasteiger charge is 2.13. The van der Waals surface area contributed by atoms with Gasteiger partial charge < -0.3 is 15.5 Å². The maximum Gasteiger partial charge on any atom is 0.237 e. The largest absolute Gasteiger partial charge is 0.352 e. The number of carbonyl (C=O) groups is 1. The third-order valence-corrected chi connectivity index (χ3v) is 3.26. The third kappa shape index (κ3) is 7.67. The first-order valence-corrected chi connectivity index (χ1v) is 7.31. The molecule has 0 aliphatic carbocycles. The second kappa shape index (κ2) is 10.3. The molecule has 0 aliphatic heterocycles. The SMILES string of the molecule is CCCN(CC)CCNC(C)C(=O)NC(C)CC. The first kappa shape index (κ1) is 17.4. The van der Waals surface area contributed by atoms with Crippen molar-refractivity contribution in [2.45, 2.75) is 59.5 Å². The highest BCUT2D eigenvalue weighted by molar-refractivity contribution is 5.81. The van der Waals surface area contributed by atoms with Crippen LogP contribution in [0.5, 0.6) is 0 Å². The first-order chi connectivity index (χ1) is 8.54. The molecule has 2 N–H and O–H groups in total. The highest BCUT2D eigenvalue weighted by Crippen LogP contribution is 1.92. The predicted molar refractivity (Wildman–Crippen MR) is 77.8 cm³/mol. The second-order valence-corrected chi connectivity index (χ2v) is 4.93. The number of hydrogen-bond donors (Lipinski definition) is 2. The molecule has 0 fully saturated rings. The highest BCUT2D eigenvalue weighted by atomic mass is 16.2. The van der Waals surface area contributed by atoms with E-state index in [4.69, 9.17) is 0 Å². The van der Waals surface area contributed by atoms with Crippen molar-refractivity contribution in [1.82, 2.24) is 15.5 Å². The molecule has 4 heteroatoms. The van der Waals surface area contributed by atoms with Crippen LogP contribution >= 0.6 is 0 Å². The van der Waals surface area contributed by atoms with Gasteiger partial charge in [-0.2, -0.15) is 0 Å². The van der Waals surface area contributed by atoms with Gasteiger partial charge in [0.1, 0.15) is 0 Å². The molecule has 2 atom stereocenters. The lowest BCUT2D eigenvalue weighted by Crippen LogP contribution is -2.47. The Kier molecular flexibility index (Phi) is 9.98. The molecule has 0 aromatic rings. The van der Waals surface area contributed by atoms with Gasteiger partial charge in [0.25, 0.3) is 0 Å². The van der Waals surface area contributed by atoms with E-state index in [9.17, 15) is 4.79 Å². The second-order valence-electron chi connectivity index (χ2n) is 4.93. The van der Waals surface area contributed by atoms with Crippen LogP contribution in [0.25, 0.3) is 0 Å². The first-order valence-electron chi connectivity index (χ1n) is 7.31. The fourth-order valence-electron chi connectivity index (χ4n) is 1.75. The Morgan fingerprint density at radius 3 is 2.33 bits per heavy atom. The van der Waals surface area contributed by atoms with Crippen LogP contribution in [0.3, 0.4) is 0 Å². The fourth-order valence-corrected chi connectivity index (χ4v) is 1.75. The van der Waals surface area contributed by atoms with Crippen LogP contribution in [0.1, 0.15) is 47.5 Å². The van der Waals surface area contributed by atoms with E-state index in [1.165, 1.54) is 6.42 Å². The molecule has 0 spiro atoms. The molecular formula is C14H31N3O. The Morgan fingerprint density at radius 1 is 1.17 bits per heavy atom. The van der Waals surface area contributed by atoms with E-state index >= 15 is 0 Å². The van der Waals surface area contributed by atoms with Gasteiger partial charge in [0.2, 0.25) is 5.91 Å². The van der Waals surface area contributed by atoms with Crippen LogP contribution < -0.4 is 10.6 Å². The Morgan fingerprint density at radius 2 is 1.83 bits per heavy atom. The van der Waals surface area contributed by atoms with Gasteiger partial charge in [-0.25, -0.2) is 0 Å². The summed E-state index contributed by atoms with van der Waals surface area (Å²) in [4.78, 5) is 14.2. The van der Waals surface area contributed by atoms with E-state index in [2.05, 4.69) is 36.3 Å². The molecule has 18 heavy (non-hydrogen) atoms. The van der Waals surface area contributed by atoms with Crippen molar-refractivity contribution in [3.05, 3.63) is 0 Å². The fraction of sp³-hybridized carbons (Fsp3) is 0.929. The summed E-state index contributed by atoms with van der Waals surface area (Å²) in [5.74, 6) is 0.0999. The molecule has 1 amide bonds. The number of rotatable bonds is 10. The van der Waals surface area contributed by atoms with E-state index in [1.54, 1.807) is 0 Å². The molecule has 0 bridgehead atoms. The van der Waals surface area contributed by atoms with Crippen molar-refractivity contribution in [3.63, 3.8) is 0 Å². The van der Waals surface area contributed by atoms with E-state index in [-0.39, 0.29) is 18.0 Å². The van der Waals surface area contributed by atoms with Crippen molar-refractivity contribution in [1.29, 1.82) is 0 Å². The van der Waals surface area contributed by atoms with Crippen LogP contribution in [-0.2, 0) is 4.79 Å². The van der Waals surface area contributed by atoms with E-state index in [1.807, 2.05) is 13.8 Å². The average molecular weight is 257 g/mol. The van der Waals surface area contributed by atoms with Crippen LogP contribution in [0.4, 0.5) is 0 Å². The van der Waals surface area contributed by atoms with Gasteiger partial charge in [0.15, 0.2) is 0 Å². The summed E-state index contributed by atoms with van der Waals surface area (Å²) in [7, 11) is 0. The van der Waals surface area contributed by atoms with Gasteiger partial charge in [-0.05, 0) is 39.8 Å². The molecule has 0 heterocycles. The molecule has 0 rings (SSSR count). The molecule has 4 nitrogen and oxygen atoms in total. The third-order valence-electron chi connectivity index (χ3n) is 3.26. The number of likely N-dealkylation sites (N-methyl/N-ethyl adjacent to an activating group) is 1. The van der Waals surface area contributed by atoms with Gasteiger partial charge in [0.05, 0.1) is 6.04 Å². The molecular weight excluding hydrogens is 226 g/mol. The number of nitrogens with one attached hydrogen (secondary N) is 2. The molecule has 2 unspecified atom stereocenters. The van der Waals surface area contributed by atoms with Gasteiger partial charge in [0, 0.05) is 19.1 Å². The van der Waals surface area contributed by atoms with Crippen LogP contribution in [-0.4, -0.2) is 49.1 Å². The lowest BCUT2D eigenvalue weighted by molar-refractivity contribution is -0.123. The molecule has 0 saturated carbocycles. The predicted octanol–water partition coefficient (Wildman–Crippen LogP) is 1.61. The minimum atomic E-state index is -0.112. The minimum absolute atomic E-state index is 0.0999. The quantitative estimate of drug-likeness (QED) is 0.625. The van der Waals surface area contributed by atoms with Gasteiger partial charge in [-0.15, -0.1) is 0 Å². The van der Waals surface area contributed by atoms with E-state index < -0.39 is 0 Å². The summed E-state index contributed by atoms with van der Waals surface area (Å²) >= 11 is 0. The molecule has 0 saturated heterocycles. The smallest absolute Gasteiger partial charge is 0.237 e. The summed E-state index contributed by atoms with van der Waals surface area (Å²) in [6.45, 7) is 14.5. The zero-order valence-corrected chi connectivity index (χ0v) is 12.8. The lowest BCUT2D eigenvalue weighted by Gasteiger charge is -2.22. The molecule has 0 aromatic heterocycles. The summed E-state index contributed by atoms with van der Waals surface area (Å²) in [5.41, 5.74) is 0. The normalized spacial score (nSPS) is 14.6. The topological polar surface area (TPSA) is 44.4 Å². The minimum Gasteiger partial charge on any atom is -0.352 e. The number of carbonyl (C=O) groups excluding carboxylic acids is 1. The lowest BCUT2D eigenvalue weighted by atomic mass is 10.2. The number of amides is 1. The summed E-state index contributed by atoms with van der Waals surface area (Å²) in [6.07, 6.45) is 2.15. The maximum atomic E-state index is 11.8. The Hall–Kier alpha value is -0.610. The molecule has 0 radical (unpaired) electrons. The van der Waals surface area contributed by atoms with Crippen molar-refractivity contribution >= 4 is 5.91 Å². The molecule has 0 aromatic carbocycles. The van der Waals surface area contributed by atoms with Gasteiger partial charge >= 0.3 is 0 Å². The number of hydrogen-bond acceptors (Lipinski definition) is 3. The van der Waals surface area contributed by atoms with Crippen LogP contribution in [0, 0.1) is 0 Å². The number of nitrogens with zero attached hydrogens (tertiary/aromatic N) is 1. The summed E-state index contributed by atoms with van der Waals surface area (Å²) < 4.78 is 0.